The molecular formula is C14H20N2O3. The van der Waals surface area contributed by atoms with Gasteiger partial charge in [-0.05, 0) is 25.0 Å². The molecule has 1 aliphatic heterocycles. The van der Waals surface area contributed by atoms with Crippen LogP contribution in [0.3, 0.4) is 0 Å². The molecule has 0 bridgehead atoms. The van der Waals surface area contributed by atoms with Gasteiger partial charge in [-0.1, -0.05) is 0 Å². The number of carbonyl (C=O) groups excluding carboxylic acids is 1. The Bertz CT molecular complexity index is 411. The van der Waals surface area contributed by atoms with Crippen LogP contribution in [0, 0.1) is 0 Å². The number of piperidine rings is 1. The lowest BCUT2D eigenvalue weighted by molar-refractivity contribution is 0.0159. The molecule has 1 aromatic rings. The standard InChI is InChI=1S/C14H20N2O3/c1-11(18)14-3-2-12(10-15-14)16-6-4-13(5-7-16)19-9-8-17/h2-3,10,13,17H,4-9H2,1H3. The van der Waals surface area contributed by atoms with Crippen LogP contribution in [0.5, 0.6) is 0 Å². The van der Waals surface area contributed by atoms with Gasteiger partial charge in [-0.15, -0.1) is 0 Å². The third-order valence-corrected chi connectivity index (χ3v) is 3.36. The average molecular weight is 264 g/mol. The monoisotopic (exact) mass is 264 g/mol. The van der Waals surface area contributed by atoms with Gasteiger partial charge in [0.2, 0.25) is 0 Å². The molecule has 0 aliphatic carbocycles. The van der Waals surface area contributed by atoms with E-state index in [2.05, 4.69) is 9.88 Å². The summed E-state index contributed by atoms with van der Waals surface area (Å²) in [6.45, 7) is 3.84. The fourth-order valence-electron chi connectivity index (χ4n) is 2.28. The number of nitrogens with zero attached hydrogens (tertiary/aromatic N) is 2. The lowest BCUT2D eigenvalue weighted by Gasteiger charge is -2.33. The predicted molar refractivity (Wildman–Crippen MR) is 72.5 cm³/mol. The molecule has 1 fully saturated rings. The number of ether oxygens (including phenoxy) is 1. The molecule has 1 aromatic heterocycles. The van der Waals surface area contributed by atoms with Crippen molar-refractivity contribution < 1.29 is 14.6 Å². The van der Waals surface area contributed by atoms with Crippen molar-refractivity contribution in [2.24, 2.45) is 0 Å². The zero-order valence-corrected chi connectivity index (χ0v) is 11.2. The normalized spacial score (nSPS) is 16.6. The van der Waals surface area contributed by atoms with Gasteiger partial charge in [0.15, 0.2) is 5.78 Å². The number of aromatic nitrogens is 1. The topological polar surface area (TPSA) is 62.7 Å². The largest absolute Gasteiger partial charge is 0.394 e. The molecular weight excluding hydrogens is 244 g/mol. The predicted octanol–water partition coefficient (Wildman–Crippen LogP) is 1.26. The Morgan fingerprint density at radius 1 is 1.47 bits per heavy atom. The van der Waals surface area contributed by atoms with Crippen LogP contribution in [-0.4, -0.2) is 48.3 Å². The van der Waals surface area contributed by atoms with Crippen LogP contribution in [0.25, 0.3) is 0 Å². The Kier molecular flexibility index (Phi) is 4.87. The van der Waals surface area contributed by atoms with Gasteiger partial charge in [-0.2, -0.15) is 0 Å². The molecule has 5 nitrogen and oxygen atoms in total. The van der Waals surface area contributed by atoms with Gasteiger partial charge in [0, 0.05) is 20.0 Å². The SMILES string of the molecule is CC(=O)c1ccc(N2CCC(OCCO)CC2)cn1. The maximum absolute atomic E-state index is 11.2. The maximum Gasteiger partial charge on any atom is 0.178 e. The van der Waals surface area contributed by atoms with Crippen molar-refractivity contribution in [2.45, 2.75) is 25.9 Å². The number of pyridine rings is 1. The first-order valence-electron chi connectivity index (χ1n) is 6.65. The Morgan fingerprint density at radius 2 is 2.21 bits per heavy atom. The summed E-state index contributed by atoms with van der Waals surface area (Å²) in [5.74, 6) is -0.0114. The van der Waals surface area contributed by atoms with Gasteiger partial charge in [0.1, 0.15) is 5.69 Å². The molecule has 0 spiro atoms. The molecule has 2 heterocycles. The molecule has 1 saturated heterocycles. The molecule has 0 unspecified atom stereocenters. The van der Waals surface area contributed by atoms with Crippen molar-refractivity contribution in [1.82, 2.24) is 4.98 Å². The summed E-state index contributed by atoms with van der Waals surface area (Å²) in [6.07, 6.45) is 3.90. The zero-order valence-electron chi connectivity index (χ0n) is 11.2. The maximum atomic E-state index is 11.2. The first-order valence-corrected chi connectivity index (χ1v) is 6.65. The van der Waals surface area contributed by atoms with Gasteiger partial charge in [0.25, 0.3) is 0 Å². The summed E-state index contributed by atoms with van der Waals surface area (Å²) in [7, 11) is 0. The lowest BCUT2D eigenvalue weighted by atomic mass is 10.1. The highest BCUT2D eigenvalue weighted by molar-refractivity contribution is 5.92. The van der Waals surface area contributed by atoms with Crippen LogP contribution >= 0.6 is 0 Å². The average Bonchev–Trinajstić information content (AvgIpc) is 2.46. The molecule has 0 saturated carbocycles. The number of hydrogen-bond acceptors (Lipinski definition) is 5. The summed E-state index contributed by atoms with van der Waals surface area (Å²) in [6, 6.07) is 3.71. The Hall–Kier alpha value is -1.46. The fraction of sp³-hybridized carbons (Fsp3) is 0.571. The van der Waals surface area contributed by atoms with Crippen molar-refractivity contribution in [3.8, 4) is 0 Å². The van der Waals surface area contributed by atoms with E-state index >= 15 is 0 Å². The van der Waals surface area contributed by atoms with Gasteiger partial charge in [-0.25, -0.2) is 0 Å². The summed E-state index contributed by atoms with van der Waals surface area (Å²) < 4.78 is 5.53. The van der Waals surface area contributed by atoms with Crippen molar-refractivity contribution in [3.63, 3.8) is 0 Å². The molecule has 104 valence electrons. The second kappa shape index (κ2) is 6.63. The van der Waals surface area contributed by atoms with Crippen molar-refractivity contribution >= 4 is 11.5 Å². The second-order valence-electron chi connectivity index (χ2n) is 4.74. The first kappa shape index (κ1) is 14.0. The Labute approximate surface area is 113 Å². The Balaban J connectivity index is 1.88. The third-order valence-electron chi connectivity index (χ3n) is 3.36. The molecule has 0 aromatic carbocycles. The van der Waals surface area contributed by atoms with E-state index < -0.39 is 0 Å². The summed E-state index contributed by atoms with van der Waals surface area (Å²) in [4.78, 5) is 17.6. The number of anilines is 1. The number of rotatable bonds is 5. The zero-order chi connectivity index (χ0) is 13.7. The summed E-state index contributed by atoms with van der Waals surface area (Å²) in [5.41, 5.74) is 1.55. The van der Waals surface area contributed by atoms with Gasteiger partial charge in [0.05, 0.1) is 31.2 Å². The van der Waals surface area contributed by atoms with Gasteiger partial charge < -0.3 is 14.7 Å². The van der Waals surface area contributed by atoms with E-state index in [4.69, 9.17) is 9.84 Å². The van der Waals surface area contributed by atoms with E-state index in [0.29, 0.717) is 12.3 Å². The quantitative estimate of drug-likeness (QED) is 0.811. The first-order chi connectivity index (χ1) is 9.20. The van der Waals surface area contributed by atoms with Gasteiger partial charge in [-0.3, -0.25) is 9.78 Å². The minimum Gasteiger partial charge on any atom is -0.394 e. The highest BCUT2D eigenvalue weighted by atomic mass is 16.5. The van der Waals surface area contributed by atoms with E-state index in [9.17, 15) is 4.79 Å². The number of aliphatic hydroxyl groups excluding tert-OH is 1. The van der Waals surface area contributed by atoms with E-state index in [0.717, 1.165) is 31.6 Å². The van der Waals surface area contributed by atoms with Crippen LogP contribution in [0.2, 0.25) is 0 Å². The number of aliphatic hydroxyl groups is 1. The molecule has 19 heavy (non-hydrogen) atoms. The lowest BCUT2D eigenvalue weighted by Crippen LogP contribution is -2.37. The van der Waals surface area contributed by atoms with Crippen molar-refractivity contribution in [1.29, 1.82) is 0 Å². The van der Waals surface area contributed by atoms with Crippen LogP contribution < -0.4 is 4.90 Å². The number of carbonyl (C=O) groups is 1. The third kappa shape index (κ3) is 3.75. The molecule has 2 rings (SSSR count). The smallest absolute Gasteiger partial charge is 0.178 e. The van der Waals surface area contributed by atoms with Crippen molar-refractivity contribution in [3.05, 3.63) is 24.0 Å². The molecule has 0 amide bonds. The minimum absolute atomic E-state index is 0.0114. The van der Waals surface area contributed by atoms with Crippen molar-refractivity contribution in [2.75, 3.05) is 31.2 Å². The van der Waals surface area contributed by atoms with Crippen LogP contribution in [0.15, 0.2) is 18.3 Å². The van der Waals surface area contributed by atoms with Crippen LogP contribution in [-0.2, 0) is 4.74 Å². The van der Waals surface area contributed by atoms with Crippen LogP contribution in [0.4, 0.5) is 5.69 Å². The number of hydrogen-bond donors (Lipinski definition) is 1. The molecule has 1 N–H and O–H groups in total. The van der Waals surface area contributed by atoms with Crippen LogP contribution in [0.1, 0.15) is 30.3 Å². The van der Waals surface area contributed by atoms with E-state index in [-0.39, 0.29) is 18.5 Å². The van der Waals surface area contributed by atoms with E-state index in [1.165, 1.54) is 6.92 Å². The second-order valence-corrected chi connectivity index (χ2v) is 4.74. The van der Waals surface area contributed by atoms with Gasteiger partial charge >= 0.3 is 0 Å². The molecule has 5 heteroatoms. The van der Waals surface area contributed by atoms with E-state index in [1.54, 1.807) is 12.3 Å². The number of ketones is 1. The molecule has 0 radical (unpaired) electrons. The fourth-order valence-corrected chi connectivity index (χ4v) is 2.28. The summed E-state index contributed by atoms with van der Waals surface area (Å²) >= 11 is 0. The minimum atomic E-state index is -0.0114. The summed E-state index contributed by atoms with van der Waals surface area (Å²) in [5, 5.41) is 8.73. The highest BCUT2D eigenvalue weighted by Crippen LogP contribution is 2.20. The molecule has 0 atom stereocenters. The Morgan fingerprint density at radius 3 is 2.74 bits per heavy atom. The van der Waals surface area contributed by atoms with E-state index in [1.807, 2.05) is 6.07 Å². The number of Topliss-reactive ketones (excluding diaryl/α,β-unsaturated/α-hetero) is 1. The molecule has 1 aliphatic rings. The highest BCUT2D eigenvalue weighted by Gasteiger charge is 2.20.